The van der Waals surface area contributed by atoms with Crippen LogP contribution >= 0.6 is 0 Å². The fraction of sp³-hybridized carbons (Fsp3) is 0.650. The van der Waals surface area contributed by atoms with Crippen molar-refractivity contribution in [2.45, 2.75) is 57.0 Å². The summed E-state index contributed by atoms with van der Waals surface area (Å²) in [7, 11) is 1.51. The van der Waals surface area contributed by atoms with Crippen LogP contribution in [0.4, 0.5) is 4.39 Å². The molecule has 0 aromatic heterocycles. The van der Waals surface area contributed by atoms with Crippen LogP contribution in [0, 0.1) is 11.7 Å². The van der Waals surface area contributed by atoms with Gasteiger partial charge in [-0.25, -0.2) is 4.39 Å². The number of carbonyl (C=O) groups is 1. The van der Waals surface area contributed by atoms with Gasteiger partial charge in [0.25, 0.3) is 0 Å². The van der Waals surface area contributed by atoms with Crippen molar-refractivity contribution in [3.05, 3.63) is 29.1 Å². The number of nitrogens with zero attached hydrogens (tertiary/aromatic N) is 1. The van der Waals surface area contributed by atoms with E-state index in [1.807, 2.05) is 11.0 Å². The molecule has 25 heavy (non-hydrogen) atoms. The highest BCUT2D eigenvalue weighted by Gasteiger charge is 2.36. The van der Waals surface area contributed by atoms with Gasteiger partial charge < -0.3 is 15.0 Å². The van der Waals surface area contributed by atoms with Gasteiger partial charge in [-0.15, -0.1) is 0 Å². The maximum atomic E-state index is 14.4. The second-order valence-corrected chi connectivity index (χ2v) is 7.65. The Labute approximate surface area is 148 Å². The molecular formula is C20H27FN2O2. The van der Waals surface area contributed by atoms with Gasteiger partial charge in [0, 0.05) is 31.1 Å². The molecule has 1 amide bonds. The molecule has 0 spiro atoms. The zero-order valence-electron chi connectivity index (χ0n) is 14.9. The first kappa shape index (κ1) is 16.8. The molecular weight excluding hydrogens is 319 g/mol. The number of nitrogens with one attached hydrogen (secondary N) is 1. The number of methoxy groups -OCH3 is 1. The van der Waals surface area contributed by atoms with Gasteiger partial charge >= 0.3 is 0 Å². The normalized spacial score (nSPS) is 28.4. The number of hydrogen-bond donors (Lipinski definition) is 1. The first-order valence-electron chi connectivity index (χ1n) is 9.57. The number of likely N-dealkylation sites (tertiary alicyclic amines) is 1. The molecule has 1 aliphatic heterocycles. The lowest BCUT2D eigenvalue weighted by Crippen LogP contribution is -2.34. The van der Waals surface area contributed by atoms with Gasteiger partial charge in [-0.3, -0.25) is 4.79 Å². The van der Waals surface area contributed by atoms with E-state index in [-0.39, 0.29) is 17.8 Å². The Morgan fingerprint density at radius 2 is 2.04 bits per heavy atom. The van der Waals surface area contributed by atoms with Crippen LogP contribution in [0.5, 0.6) is 5.75 Å². The van der Waals surface area contributed by atoms with Gasteiger partial charge in [0.05, 0.1) is 7.11 Å². The summed E-state index contributed by atoms with van der Waals surface area (Å²) in [5.41, 5.74) is 1.85. The molecule has 1 aromatic rings. The van der Waals surface area contributed by atoms with Crippen LogP contribution in [0.15, 0.2) is 12.1 Å². The summed E-state index contributed by atoms with van der Waals surface area (Å²) in [6, 6.07) is 4.27. The summed E-state index contributed by atoms with van der Waals surface area (Å²) in [6.07, 6.45) is 6.89. The average Bonchev–Trinajstić information content (AvgIpc) is 3.36. The fourth-order valence-electron chi connectivity index (χ4n) is 4.81. The van der Waals surface area contributed by atoms with Gasteiger partial charge in [0.15, 0.2) is 11.6 Å². The molecule has 4 nitrogen and oxygen atoms in total. The molecule has 1 aromatic carbocycles. The van der Waals surface area contributed by atoms with Gasteiger partial charge in [-0.2, -0.15) is 0 Å². The van der Waals surface area contributed by atoms with Crippen molar-refractivity contribution in [1.29, 1.82) is 0 Å². The zero-order valence-corrected chi connectivity index (χ0v) is 14.9. The number of carbonyl (C=O) groups excluding carboxylic acids is 1. The zero-order chi connectivity index (χ0) is 17.4. The summed E-state index contributed by atoms with van der Waals surface area (Å²) in [5.74, 6) is 0.642. The van der Waals surface area contributed by atoms with E-state index in [9.17, 15) is 9.18 Å². The molecule has 5 heteroatoms. The largest absolute Gasteiger partial charge is 0.494 e. The Balaban J connectivity index is 1.38. The molecule has 136 valence electrons. The Morgan fingerprint density at radius 3 is 2.80 bits per heavy atom. The van der Waals surface area contributed by atoms with E-state index in [0.717, 1.165) is 69.2 Å². The van der Waals surface area contributed by atoms with E-state index in [4.69, 9.17) is 4.74 Å². The van der Waals surface area contributed by atoms with Gasteiger partial charge in [-0.1, -0.05) is 6.07 Å². The van der Waals surface area contributed by atoms with Crippen molar-refractivity contribution in [2.75, 3.05) is 20.2 Å². The van der Waals surface area contributed by atoms with E-state index in [0.29, 0.717) is 17.7 Å². The molecule has 1 N–H and O–H groups in total. The van der Waals surface area contributed by atoms with Crippen molar-refractivity contribution in [3.8, 4) is 5.75 Å². The number of amides is 1. The van der Waals surface area contributed by atoms with Crippen LogP contribution < -0.4 is 10.1 Å². The Morgan fingerprint density at radius 1 is 1.24 bits per heavy atom. The maximum absolute atomic E-state index is 14.4. The Kier molecular flexibility index (Phi) is 4.67. The second-order valence-electron chi connectivity index (χ2n) is 7.65. The molecule has 0 radical (unpaired) electrons. The van der Waals surface area contributed by atoms with Crippen molar-refractivity contribution >= 4 is 5.91 Å². The highest BCUT2D eigenvalue weighted by atomic mass is 19.1. The summed E-state index contributed by atoms with van der Waals surface area (Å²) in [6.45, 7) is 1.87. The molecule has 3 aliphatic rings. The maximum Gasteiger partial charge on any atom is 0.225 e. The van der Waals surface area contributed by atoms with Gasteiger partial charge in [0.2, 0.25) is 5.91 Å². The lowest BCUT2D eigenvalue weighted by atomic mass is 10.0. The topological polar surface area (TPSA) is 41.6 Å². The number of fused-ring (bicyclic) bond motifs is 1. The quantitative estimate of drug-likeness (QED) is 0.910. The van der Waals surface area contributed by atoms with Gasteiger partial charge in [0.1, 0.15) is 0 Å². The third-order valence-electron chi connectivity index (χ3n) is 6.16. The predicted octanol–water partition coefficient (Wildman–Crippen LogP) is 3.20. The number of rotatable bonds is 4. The van der Waals surface area contributed by atoms with Gasteiger partial charge in [-0.05, 0) is 62.1 Å². The van der Waals surface area contributed by atoms with Crippen molar-refractivity contribution in [1.82, 2.24) is 10.2 Å². The molecule has 1 saturated carbocycles. The van der Waals surface area contributed by atoms with Crippen LogP contribution in [0.1, 0.15) is 55.7 Å². The minimum absolute atomic E-state index is 0.170. The summed E-state index contributed by atoms with van der Waals surface area (Å²) >= 11 is 0. The molecule has 3 atom stereocenters. The minimum Gasteiger partial charge on any atom is -0.494 e. The highest BCUT2D eigenvalue weighted by Crippen LogP contribution is 2.38. The van der Waals surface area contributed by atoms with Crippen LogP contribution in [-0.4, -0.2) is 37.0 Å². The minimum atomic E-state index is -0.210. The second kappa shape index (κ2) is 6.94. The van der Waals surface area contributed by atoms with Crippen molar-refractivity contribution in [2.24, 2.45) is 5.92 Å². The number of halogens is 1. The Hall–Kier alpha value is -1.62. The van der Waals surface area contributed by atoms with Crippen molar-refractivity contribution in [3.63, 3.8) is 0 Å². The smallest absolute Gasteiger partial charge is 0.225 e. The highest BCUT2D eigenvalue weighted by molar-refractivity contribution is 5.79. The number of ether oxygens (including phenoxy) is 1. The molecule has 1 heterocycles. The summed E-state index contributed by atoms with van der Waals surface area (Å²) in [5, 5.41) is 3.70. The SMILES string of the molecule is COc1ccc2c(c1F)CCC2N[C@H]1CC[C@@H](C(=O)N2CCCC2)C1. The number of benzene rings is 1. The molecule has 4 rings (SSSR count). The Bertz CT molecular complexity index is 657. The van der Waals surface area contributed by atoms with Crippen LogP contribution in [0.25, 0.3) is 0 Å². The molecule has 2 fully saturated rings. The lowest BCUT2D eigenvalue weighted by Gasteiger charge is -2.22. The number of hydrogen-bond acceptors (Lipinski definition) is 3. The average molecular weight is 346 g/mol. The van der Waals surface area contributed by atoms with Crippen molar-refractivity contribution < 1.29 is 13.9 Å². The molecule has 0 bridgehead atoms. The third kappa shape index (κ3) is 3.14. The first-order chi connectivity index (χ1) is 12.2. The molecule has 2 aliphatic carbocycles. The third-order valence-corrected chi connectivity index (χ3v) is 6.16. The van der Waals surface area contributed by atoms with E-state index in [1.165, 1.54) is 7.11 Å². The summed E-state index contributed by atoms with van der Waals surface area (Å²) < 4.78 is 19.5. The molecule has 1 saturated heterocycles. The molecule has 1 unspecified atom stereocenters. The van der Waals surface area contributed by atoms with E-state index >= 15 is 0 Å². The van der Waals surface area contributed by atoms with Crippen LogP contribution in [-0.2, 0) is 11.2 Å². The van der Waals surface area contributed by atoms with Crippen LogP contribution in [0.2, 0.25) is 0 Å². The predicted molar refractivity (Wildman–Crippen MR) is 94.1 cm³/mol. The standard InChI is InChI=1S/C20H27FN2O2/c1-25-18-9-7-15-16(19(18)21)6-8-17(15)22-14-5-4-13(12-14)20(24)23-10-2-3-11-23/h7,9,13-14,17,22H,2-6,8,10-12H2,1H3/t13-,14+,17?/m1/s1. The van der Waals surface area contributed by atoms with Crippen LogP contribution in [0.3, 0.4) is 0 Å². The van der Waals surface area contributed by atoms with E-state index in [2.05, 4.69) is 5.32 Å². The van der Waals surface area contributed by atoms with E-state index in [1.54, 1.807) is 6.07 Å². The van der Waals surface area contributed by atoms with E-state index < -0.39 is 0 Å². The lowest BCUT2D eigenvalue weighted by molar-refractivity contribution is -0.134. The monoisotopic (exact) mass is 346 g/mol. The summed E-state index contributed by atoms with van der Waals surface area (Å²) in [4.78, 5) is 14.6. The first-order valence-corrected chi connectivity index (χ1v) is 9.57. The fourth-order valence-corrected chi connectivity index (χ4v) is 4.81.